The molecule has 0 radical (unpaired) electrons. The summed E-state index contributed by atoms with van der Waals surface area (Å²) in [5.41, 5.74) is 13.9. The number of nitrogens with zero attached hydrogens (tertiary/aromatic N) is 3. The van der Waals surface area contributed by atoms with Crippen LogP contribution >= 0.6 is 0 Å². The fourth-order valence-corrected chi connectivity index (χ4v) is 8.64. The van der Waals surface area contributed by atoms with E-state index in [2.05, 4.69) is 166 Å². The Hall–Kier alpha value is -7.17. The molecule has 1 aliphatic rings. The average molecular weight is 718 g/mol. The first-order valence-electron chi connectivity index (χ1n) is 19.1. The average Bonchev–Trinajstić information content (AvgIpc) is 3.76. The lowest BCUT2D eigenvalue weighted by molar-refractivity contribution is 0.660. The number of hydrogen-bond donors (Lipinski definition) is 0. The van der Waals surface area contributed by atoms with Crippen molar-refractivity contribution in [3.05, 3.63) is 187 Å². The van der Waals surface area contributed by atoms with E-state index < -0.39 is 0 Å². The van der Waals surface area contributed by atoms with E-state index in [1.807, 2.05) is 24.3 Å². The fourth-order valence-electron chi connectivity index (χ4n) is 8.64. The summed E-state index contributed by atoms with van der Waals surface area (Å²) in [5, 5.41) is 4.32. The minimum Gasteiger partial charge on any atom is -0.455 e. The molecule has 0 spiro atoms. The van der Waals surface area contributed by atoms with Crippen LogP contribution in [0.4, 0.5) is 0 Å². The van der Waals surface area contributed by atoms with Gasteiger partial charge in [-0.15, -0.1) is 0 Å². The summed E-state index contributed by atoms with van der Waals surface area (Å²) in [6.07, 6.45) is 0. The van der Waals surface area contributed by atoms with E-state index in [1.165, 1.54) is 22.3 Å². The molecule has 0 N–H and O–H groups in total. The molecular weight excluding hydrogens is 683 g/mol. The molecule has 0 aliphatic heterocycles. The van der Waals surface area contributed by atoms with Gasteiger partial charge in [-0.1, -0.05) is 159 Å². The first-order chi connectivity index (χ1) is 27.5. The predicted octanol–water partition coefficient (Wildman–Crippen LogP) is 13.6. The molecule has 56 heavy (non-hydrogen) atoms. The third kappa shape index (κ3) is 5.10. The highest BCUT2D eigenvalue weighted by molar-refractivity contribution is 6.18. The Kier molecular flexibility index (Phi) is 7.17. The van der Waals surface area contributed by atoms with Crippen LogP contribution in [0.2, 0.25) is 0 Å². The predicted molar refractivity (Wildman–Crippen MR) is 229 cm³/mol. The Bertz CT molecular complexity index is 3160. The molecule has 10 aromatic rings. The third-order valence-electron chi connectivity index (χ3n) is 11.5. The van der Waals surface area contributed by atoms with Gasteiger partial charge in [0.1, 0.15) is 11.2 Å². The van der Waals surface area contributed by atoms with Crippen molar-refractivity contribution >= 4 is 32.7 Å². The Balaban J connectivity index is 1.17. The molecule has 2 heterocycles. The second kappa shape index (κ2) is 12.4. The molecule has 264 valence electrons. The maximum Gasteiger partial charge on any atom is 0.164 e. The van der Waals surface area contributed by atoms with E-state index in [9.17, 15) is 0 Å². The van der Waals surface area contributed by atoms with Gasteiger partial charge in [0.25, 0.3) is 0 Å². The highest BCUT2D eigenvalue weighted by Gasteiger charge is 2.35. The van der Waals surface area contributed by atoms with E-state index in [0.717, 1.165) is 71.7 Å². The van der Waals surface area contributed by atoms with E-state index in [0.29, 0.717) is 17.5 Å². The summed E-state index contributed by atoms with van der Waals surface area (Å²) in [5.74, 6) is 1.84. The molecule has 0 unspecified atom stereocenters. The van der Waals surface area contributed by atoms with E-state index in [1.54, 1.807) is 0 Å². The minimum atomic E-state index is -0.148. The molecule has 0 saturated heterocycles. The molecule has 4 nitrogen and oxygen atoms in total. The number of furan rings is 1. The van der Waals surface area contributed by atoms with Crippen LogP contribution in [-0.4, -0.2) is 15.0 Å². The summed E-state index contributed by atoms with van der Waals surface area (Å²) in [4.78, 5) is 15.5. The quantitative estimate of drug-likeness (QED) is 0.178. The van der Waals surface area contributed by atoms with Gasteiger partial charge in [0.15, 0.2) is 17.5 Å². The van der Waals surface area contributed by atoms with Crippen molar-refractivity contribution < 1.29 is 4.42 Å². The number of rotatable bonds is 5. The van der Waals surface area contributed by atoms with Crippen molar-refractivity contribution in [3.63, 3.8) is 0 Å². The van der Waals surface area contributed by atoms with E-state index in [4.69, 9.17) is 19.4 Å². The van der Waals surface area contributed by atoms with Crippen molar-refractivity contribution in [2.45, 2.75) is 19.3 Å². The molecule has 11 rings (SSSR count). The molecule has 0 fully saturated rings. The summed E-state index contributed by atoms with van der Waals surface area (Å²) in [6.45, 7) is 4.65. The Morgan fingerprint density at radius 1 is 0.357 bits per heavy atom. The van der Waals surface area contributed by atoms with Crippen LogP contribution in [-0.2, 0) is 5.41 Å². The number of aromatic nitrogens is 3. The molecule has 0 amide bonds. The standard InChI is InChI=1S/C52H35N3O/c1-52(2)45-23-12-11-22-40(45)41-26-25-36(31-46(41)52)43-29-38(30-44-42-27-24-33-16-9-10-21-39(33)47(42)56-48(43)44)51-54-49(34-17-7-4-8-18-34)53-50(55-51)37-20-13-19-35(28-37)32-14-5-3-6-15-32/h3-31H,1-2H3. The Labute approximate surface area is 324 Å². The maximum atomic E-state index is 6.96. The van der Waals surface area contributed by atoms with Gasteiger partial charge < -0.3 is 4.42 Å². The highest BCUT2D eigenvalue weighted by atomic mass is 16.3. The maximum absolute atomic E-state index is 6.96. The molecule has 4 heteroatoms. The normalized spacial score (nSPS) is 13.0. The lowest BCUT2D eigenvalue weighted by atomic mass is 9.81. The Morgan fingerprint density at radius 3 is 1.82 bits per heavy atom. The lowest BCUT2D eigenvalue weighted by Gasteiger charge is -2.22. The molecule has 0 bridgehead atoms. The largest absolute Gasteiger partial charge is 0.455 e. The molecule has 2 aromatic heterocycles. The second-order valence-corrected chi connectivity index (χ2v) is 15.2. The van der Waals surface area contributed by atoms with Crippen molar-refractivity contribution in [2.24, 2.45) is 0 Å². The van der Waals surface area contributed by atoms with Crippen LogP contribution in [0, 0.1) is 0 Å². The zero-order valence-corrected chi connectivity index (χ0v) is 31.0. The third-order valence-corrected chi connectivity index (χ3v) is 11.5. The van der Waals surface area contributed by atoms with Crippen LogP contribution in [0.15, 0.2) is 180 Å². The number of benzene rings is 8. The summed E-state index contributed by atoms with van der Waals surface area (Å²) in [7, 11) is 0. The first-order valence-corrected chi connectivity index (χ1v) is 19.1. The number of fused-ring (bicyclic) bond motifs is 8. The van der Waals surface area contributed by atoms with Gasteiger partial charge in [0, 0.05) is 43.8 Å². The van der Waals surface area contributed by atoms with Crippen molar-refractivity contribution in [3.8, 4) is 67.5 Å². The molecule has 8 aromatic carbocycles. The van der Waals surface area contributed by atoms with Crippen LogP contribution in [0.1, 0.15) is 25.0 Å². The summed E-state index contributed by atoms with van der Waals surface area (Å²) >= 11 is 0. The molecule has 0 saturated carbocycles. The highest BCUT2D eigenvalue weighted by Crippen LogP contribution is 2.50. The van der Waals surface area contributed by atoms with Crippen molar-refractivity contribution in [2.75, 3.05) is 0 Å². The Morgan fingerprint density at radius 2 is 1.00 bits per heavy atom. The topological polar surface area (TPSA) is 51.8 Å². The molecule has 1 aliphatic carbocycles. The van der Waals surface area contributed by atoms with E-state index >= 15 is 0 Å². The van der Waals surface area contributed by atoms with E-state index in [-0.39, 0.29) is 5.41 Å². The van der Waals surface area contributed by atoms with Crippen LogP contribution in [0.5, 0.6) is 0 Å². The second-order valence-electron chi connectivity index (χ2n) is 15.2. The minimum absolute atomic E-state index is 0.148. The van der Waals surface area contributed by atoms with Gasteiger partial charge in [-0.25, -0.2) is 15.0 Å². The van der Waals surface area contributed by atoms with Crippen LogP contribution in [0.3, 0.4) is 0 Å². The van der Waals surface area contributed by atoms with Gasteiger partial charge in [0.2, 0.25) is 0 Å². The molecular formula is C52H35N3O. The van der Waals surface area contributed by atoms with Gasteiger partial charge in [-0.05, 0) is 74.7 Å². The van der Waals surface area contributed by atoms with Crippen molar-refractivity contribution in [1.82, 2.24) is 15.0 Å². The zero-order valence-electron chi connectivity index (χ0n) is 31.0. The monoisotopic (exact) mass is 717 g/mol. The fraction of sp³-hybridized carbons (Fsp3) is 0.0577. The summed E-state index contributed by atoms with van der Waals surface area (Å²) in [6, 6.07) is 61.9. The SMILES string of the molecule is CC1(C)c2ccccc2-c2ccc(-c3cc(-c4nc(-c5ccccc5)nc(-c5cccc(-c6ccccc6)c5)n4)cc4c3oc3c5ccccc5ccc43)cc21. The first kappa shape index (κ1) is 32.3. The van der Waals surface area contributed by atoms with Crippen LogP contribution in [0.25, 0.3) is 100 Å². The van der Waals surface area contributed by atoms with Crippen molar-refractivity contribution in [1.29, 1.82) is 0 Å². The van der Waals surface area contributed by atoms with Gasteiger partial charge in [-0.2, -0.15) is 0 Å². The van der Waals surface area contributed by atoms with Crippen LogP contribution < -0.4 is 0 Å². The zero-order chi connectivity index (χ0) is 37.4. The smallest absolute Gasteiger partial charge is 0.164 e. The summed E-state index contributed by atoms with van der Waals surface area (Å²) < 4.78 is 6.96. The van der Waals surface area contributed by atoms with Gasteiger partial charge in [-0.3, -0.25) is 0 Å². The lowest BCUT2D eigenvalue weighted by Crippen LogP contribution is -2.14. The molecule has 0 atom stereocenters. The van der Waals surface area contributed by atoms with Gasteiger partial charge >= 0.3 is 0 Å². The number of hydrogen-bond acceptors (Lipinski definition) is 4. The van der Waals surface area contributed by atoms with Gasteiger partial charge in [0.05, 0.1) is 0 Å².